The van der Waals surface area contributed by atoms with Gasteiger partial charge in [-0.15, -0.1) is 0 Å². The van der Waals surface area contributed by atoms with Gasteiger partial charge in [0.15, 0.2) is 5.82 Å². The van der Waals surface area contributed by atoms with E-state index in [2.05, 4.69) is 21.4 Å². The van der Waals surface area contributed by atoms with Gasteiger partial charge in [0.1, 0.15) is 12.4 Å². The molecule has 8 nitrogen and oxygen atoms in total. The first kappa shape index (κ1) is 21.6. The second-order valence-corrected chi connectivity index (χ2v) is 9.39. The molecule has 0 saturated carbocycles. The van der Waals surface area contributed by atoms with Crippen LogP contribution >= 0.6 is 0 Å². The number of H-pyrrole nitrogens is 1. The number of nitrogens with one attached hydrogen (secondary N) is 2. The van der Waals surface area contributed by atoms with Gasteiger partial charge in [0.25, 0.3) is 5.56 Å². The average Bonchev–Trinajstić information content (AvgIpc) is 3.48. The Kier molecular flexibility index (Phi) is 4.92. The van der Waals surface area contributed by atoms with Gasteiger partial charge in [-0.25, -0.2) is 9.97 Å². The molecule has 0 unspecified atom stereocenters. The summed E-state index contributed by atoms with van der Waals surface area (Å²) in [5.41, 5.74) is 5.48. The first-order chi connectivity index (χ1) is 18.2. The van der Waals surface area contributed by atoms with Gasteiger partial charge in [-0.3, -0.25) is 14.2 Å². The number of amides is 1. The maximum atomic E-state index is 13.3. The Hall–Kier alpha value is -4.72. The molecular weight excluding hydrogens is 464 g/mol. The molecule has 0 saturated heterocycles. The molecule has 182 valence electrons. The van der Waals surface area contributed by atoms with Crippen molar-refractivity contribution in [1.29, 1.82) is 0 Å². The molecule has 7 rings (SSSR count). The van der Waals surface area contributed by atoms with Crippen molar-refractivity contribution >= 4 is 38.7 Å². The van der Waals surface area contributed by atoms with E-state index in [1.807, 2.05) is 71.3 Å². The van der Waals surface area contributed by atoms with Crippen molar-refractivity contribution in [3.05, 3.63) is 94.5 Å². The fourth-order valence-electron chi connectivity index (χ4n) is 5.47. The Morgan fingerprint density at radius 3 is 2.54 bits per heavy atom. The van der Waals surface area contributed by atoms with Crippen LogP contribution in [0.5, 0.6) is 0 Å². The SMILES string of the molecule is O=C(Cn1c2c(c3ccccc31)CCn1c-2nc2ccccc2c1=O)NCCc1nc2ccccc2[nH]1. The maximum absolute atomic E-state index is 13.3. The maximum Gasteiger partial charge on any atom is 0.261 e. The molecule has 1 amide bonds. The first-order valence-corrected chi connectivity index (χ1v) is 12.5. The molecule has 1 aliphatic rings. The van der Waals surface area contributed by atoms with Crippen LogP contribution in [-0.4, -0.2) is 36.5 Å². The standard InChI is InChI=1S/C29H24N6O2/c36-26(30-15-13-25-31-22-10-4-5-11-23(22)32-25)17-35-24-12-6-2-7-18(24)19-14-16-34-28(27(19)35)33-21-9-3-1-8-20(21)29(34)37/h1-12H,13-17H2,(H,30,36)(H,31,32). The molecule has 0 fully saturated rings. The predicted molar refractivity (Wildman–Crippen MR) is 143 cm³/mol. The minimum atomic E-state index is -0.0973. The van der Waals surface area contributed by atoms with E-state index in [0.29, 0.717) is 42.7 Å². The fraction of sp³-hybridized carbons (Fsp3) is 0.172. The molecule has 3 aromatic heterocycles. The normalized spacial score (nSPS) is 12.6. The molecule has 37 heavy (non-hydrogen) atoms. The number of carbonyl (C=O) groups excluding carboxylic acids is 1. The van der Waals surface area contributed by atoms with E-state index in [0.717, 1.165) is 39.0 Å². The van der Waals surface area contributed by atoms with Gasteiger partial charge < -0.3 is 14.9 Å². The van der Waals surface area contributed by atoms with Crippen molar-refractivity contribution in [3.63, 3.8) is 0 Å². The van der Waals surface area contributed by atoms with Crippen LogP contribution in [0, 0.1) is 0 Å². The van der Waals surface area contributed by atoms with Crippen LogP contribution in [0.25, 0.3) is 44.4 Å². The van der Waals surface area contributed by atoms with Gasteiger partial charge in [-0.1, -0.05) is 42.5 Å². The Morgan fingerprint density at radius 2 is 1.68 bits per heavy atom. The summed E-state index contributed by atoms with van der Waals surface area (Å²) >= 11 is 0. The van der Waals surface area contributed by atoms with Crippen molar-refractivity contribution in [2.45, 2.75) is 25.9 Å². The molecule has 0 aliphatic carbocycles. The van der Waals surface area contributed by atoms with Crippen LogP contribution in [0.2, 0.25) is 0 Å². The quantitative estimate of drug-likeness (QED) is 0.386. The summed E-state index contributed by atoms with van der Waals surface area (Å²) in [7, 11) is 0. The first-order valence-electron chi connectivity index (χ1n) is 12.5. The van der Waals surface area contributed by atoms with Crippen LogP contribution in [0.1, 0.15) is 11.4 Å². The third-order valence-corrected chi connectivity index (χ3v) is 7.16. The molecule has 0 atom stereocenters. The molecule has 6 aromatic rings. The van der Waals surface area contributed by atoms with Crippen molar-refractivity contribution < 1.29 is 4.79 Å². The highest BCUT2D eigenvalue weighted by Gasteiger charge is 2.27. The van der Waals surface area contributed by atoms with E-state index in [9.17, 15) is 9.59 Å². The third-order valence-electron chi connectivity index (χ3n) is 7.16. The van der Waals surface area contributed by atoms with Gasteiger partial charge in [-0.05, 0) is 42.3 Å². The molecule has 2 N–H and O–H groups in total. The van der Waals surface area contributed by atoms with Gasteiger partial charge in [0.2, 0.25) is 5.91 Å². The lowest BCUT2D eigenvalue weighted by Crippen LogP contribution is -2.31. The van der Waals surface area contributed by atoms with Crippen LogP contribution in [0.15, 0.2) is 77.6 Å². The zero-order chi connectivity index (χ0) is 24.9. The highest BCUT2D eigenvalue weighted by atomic mass is 16.2. The van der Waals surface area contributed by atoms with E-state index >= 15 is 0 Å². The number of hydrogen-bond donors (Lipinski definition) is 2. The summed E-state index contributed by atoms with van der Waals surface area (Å²) in [6, 6.07) is 23.4. The lowest BCUT2D eigenvalue weighted by Gasteiger charge is -2.21. The Labute approximate surface area is 211 Å². The highest BCUT2D eigenvalue weighted by Crippen LogP contribution is 2.36. The number of para-hydroxylation sites is 4. The van der Waals surface area contributed by atoms with Gasteiger partial charge in [0, 0.05) is 30.4 Å². The summed E-state index contributed by atoms with van der Waals surface area (Å²) < 4.78 is 3.76. The van der Waals surface area contributed by atoms with E-state index < -0.39 is 0 Å². The predicted octanol–water partition coefficient (Wildman–Crippen LogP) is 3.81. The number of aryl methyl sites for hydroxylation is 1. The Morgan fingerprint density at radius 1 is 0.919 bits per heavy atom. The lowest BCUT2D eigenvalue weighted by molar-refractivity contribution is -0.121. The zero-order valence-electron chi connectivity index (χ0n) is 20.1. The number of nitrogens with zero attached hydrogens (tertiary/aromatic N) is 4. The van der Waals surface area contributed by atoms with E-state index in [1.54, 1.807) is 4.57 Å². The number of aromatic nitrogens is 5. The van der Waals surface area contributed by atoms with E-state index in [-0.39, 0.29) is 18.0 Å². The van der Waals surface area contributed by atoms with E-state index in [4.69, 9.17) is 4.98 Å². The number of imidazole rings is 1. The Bertz CT molecular complexity index is 1860. The van der Waals surface area contributed by atoms with Crippen LogP contribution < -0.4 is 10.9 Å². The lowest BCUT2D eigenvalue weighted by atomic mass is 10.0. The van der Waals surface area contributed by atoms with Crippen LogP contribution in [-0.2, 0) is 30.7 Å². The second kappa shape index (κ2) is 8.44. The number of benzene rings is 3. The average molecular weight is 489 g/mol. The van der Waals surface area contributed by atoms with E-state index in [1.165, 1.54) is 0 Å². The summed E-state index contributed by atoms with van der Waals surface area (Å²) in [6.45, 7) is 1.17. The smallest absolute Gasteiger partial charge is 0.261 e. The number of carbonyl (C=O) groups is 1. The number of rotatable bonds is 5. The zero-order valence-corrected chi connectivity index (χ0v) is 20.1. The monoisotopic (exact) mass is 488 g/mol. The highest BCUT2D eigenvalue weighted by molar-refractivity contribution is 5.94. The minimum absolute atomic E-state index is 0.0432. The number of fused-ring (bicyclic) bond motifs is 7. The van der Waals surface area contributed by atoms with Crippen molar-refractivity contribution in [2.24, 2.45) is 0 Å². The second-order valence-electron chi connectivity index (χ2n) is 9.39. The largest absolute Gasteiger partial charge is 0.354 e. The Balaban J connectivity index is 1.22. The topological polar surface area (TPSA) is 97.6 Å². The molecule has 0 radical (unpaired) electrons. The molecule has 1 aliphatic heterocycles. The number of hydrogen-bond acceptors (Lipinski definition) is 4. The minimum Gasteiger partial charge on any atom is -0.354 e. The molecular formula is C29H24N6O2. The summed E-state index contributed by atoms with van der Waals surface area (Å²) in [4.78, 5) is 39.2. The molecule has 0 spiro atoms. The molecule has 8 heteroatoms. The van der Waals surface area contributed by atoms with Gasteiger partial charge >= 0.3 is 0 Å². The van der Waals surface area contributed by atoms with Crippen molar-refractivity contribution in [2.75, 3.05) is 6.54 Å². The molecule has 4 heterocycles. The van der Waals surface area contributed by atoms with Crippen LogP contribution in [0.3, 0.4) is 0 Å². The van der Waals surface area contributed by atoms with Crippen molar-refractivity contribution in [1.82, 2.24) is 29.4 Å². The van der Waals surface area contributed by atoms with Crippen molar-refractivity contribution in [3.8, 4) is 11.5 Å². The summed E-state index contributed by atoms with van der Waals surface area (Å²) in [5, 5.41) is 4.75. The summed E-state index contributed by atoms with van der Waals surface area (Å²) in [5.74, 6) is 1.37. The molecule has 3 aromatic carbocycles. The fourth-order valence-corrected chi connectivity index (χ4v) is 5.47. The molecule has 0 bridgehead atoms. The van der Waals surface area contributed by atoms with Crippen LogP contribution in [0.4, 0.5) is 0 Å². The van der Waals surface area contributed by atoms with Gasteiger partial charge in [0.05, 0.1) is 27.6 Å². The third kappa shape index (κ3) is 3.52. The number of aromatic amines is 1. The van der Waals surface area contributed by atoms with Gasteiger partial charge in [-0.2, -0.15) is 0 Å². The summed E-state index contributed by atoms with van der Waals surface area (Å²) in [6.07, 6.45) is 1.32.